The van der Waals surface area contributed by atoms with Gasteiger partial charge >= 0.3 is 0 Å². The highest BCUT2D eigenvalue weighted by Crippen LogP contribution is 2.53. The van der Waals surface area contributed by atoms with E-state index < -0.39 is 0 Å². The largest absolute Gasteiger partial charge is 0.455 e. The van der Waals surface area contributed by atoms with E-state index >= 15 is 0 Å². The maximum Gasteiger partial charge on any atom is 0.144 e. The summed E-state index contributed by atoms with van der Waals surface area (Å²) >= 11 is 0. The zero-order valence-corrected chi connectivity index (χ0v) is 32.4. The zero-order valence-electron chi connectivity index (χ0n) is 32.4. The molecule has 0 amide bonds. The molecule has 278 valence electrons. The Bertz CT molecular complexity index is 3900. The highest BCUT2D eigenvalue weighted by atomic mass is 16.3. The molecule has 2 heterocycles. The van der Waals surface area contributed by atoms with Crippen LogP contribution in [0.5, 0.6) is 0 Å². The van der Waals surface area contributed by atoms with Gasteiger partial charge < -0.3 is 8.83 Å². The molecular formula is C58H34O2. The van der Waals surface area contributed by atoms with E-state index in [4.69, 9.17) is 8.83 Å². The van der Waals surface area contributed by atoms with E-state index in [0.717, 1.165) is 88.4 Å². The quantitative estimate of drug-likeness (QED) is 0.132. The van der Waals surface area contributed by atoms with Gasteiger partial charge in [-0.15, -0.1) is 0 Å². The monoisotopic (exact) mass is 762 g/mol. The normalized spacial score (nSPS) is 12.0. The standard InChI is InChI=1S/C58H34O2/c1-3-16-38-31-41(29-25-35(38)13-1)53-46-21-9-11-23-51(46)59-57(53)55-44-19-7-8-20-45(44)56(50-34-48-40(33-49(50)55)28-27-37-15-5-6-18-43(37)48)58-54(47-22-10-12-24-52(47)60-58)42-30-26-36-14-2-4-17-39(36)32-42/h1-34H. The van der Waals surface area contributed by atoms with Crippen molar-refractivity contribution in [2.75, 3.05) is 0 Å². The zero-order chi connectivity index (χ0) is 39.3. The number of rotatable bonds is 4. The minimum atomic E-state index is 0.859. The first kappa shape index (κ1) is 33.1. The third-order valence-electron chi connectivity index (χ3n) is 12.6. The second kappa shape index (κ2) is 12.8. The number of hydrogen-bond acceptors (Lipinski definition) is 2. The molecular weight excluding hydrogens is 729 g/mol. The summed E-state index contributed by atoms with van der Waals surface area (Å²) in [5.41, 5.74) is 8.29. The Kier molecular flexibility index (Phi) is 7.05. The second-order valence-electron chi connectivity index (χ2n) is 15.9. The van der Waals surface area contributed by atoms with Gasteiger partial charge in [-0.2, -0.15) is 0 Å². The molecule has 13 rings (SSSR count). The average Bonchev–Trinajstić information content (AvgIpc) is 3.88. The van der Waals surface area contributed by atoms with Gasteiger partial charge in [0.25, 0.3) is 0 Å². The molecule has 0 fully saturated rings. The summed E-state index contributed by atoms with van der Waals surface area (Å²) < 4.78 is 14.3. The van der Waals surface area contributed by atoms with Crippen molar-refractivity contribution in [3.63, 3.8) is 0 Å². The highest BCUT2D eigenvalue weighted by molar-refractivity contribution is 6.27. The van der Waals surface area contributed by atoms with Crippen molar-refractivity contribution in [3.8, 4) is 44.9 Å². The van der Waals surface area contributed by atoms with Crippen LogP contribution in [-0.2, 0) is 0 Å². The van der Waals surface area contributed by atoms with Crippen LogP contribution in [0.25, 0.3) is 131 Å². The second-order valence-corrected chi connectivity index (χ2v) is 15.9. The van der Waals surface area contributed by atoms with Gasteiger partial charge in [0.15, 0.2) is 0 Å². The van der Waals surface area contributed by atoms with E-state index in [1.54, 1.807) is 0 Å². The van der Waals surface area contributed by atoms with E-state index in [0.29, 0.717) is 0 Å². The van der Waals surface area contributed by atoms with Crippen molar-refractivity contribution in [2.45, 2.75) is 0 Å². The maximum atomic E-state index is 7.17. The third-order valence-corrected chi connectivity index (χ3v) is 12.6. The van der Waals surface area contributed by atoms with Gasteiger partial charge in [0, 0.05) is 33.0 Å². The Morgan fingerprint density at radius 3 is 1.17 bits per heavy atom. The van der Waals surface area contributed by atoms with Crippen LogP contribution in [0, 0.1) is 0 Å². The van der Waals surface area contributed by atoms with Crippen LogP contribution in [0.15, 0.2) is 215 Å². The van der Waals surface area contributed by atoms with Gasteiger partial charge in [-0.1, -0.05) is 170 Å². The Morgan fingerprint density at radius 2 is 0.617 bits per heavy atom. The summed E-state index contributed by atoms with van der Waals surface area (Å²) in [6.45, 7) is 0. The van der Waals surface area contributed by atoms with Crippen molar-refractivity contribution in [1.82, 2.24) is 0 Å². The first-order chi connectivity index (χ1) is 29.7. The minimum Gasteiger partial charge on any atom is -0.455 e. The summed E-state index contributed by atoms with van der Waals surface area (Å²) in [5.74, 6) is 1.72. The SMILES string of the molecule is c1ccc2cc(-c3c(-c4c5ccccc5c(-c5oc6ccccc6c5-c5ccc6ccccc6c5)c5cc6c(ccc7ccccc76)cc45)oc4ccccc34)ccc2c1. The molecule has 2 heteroatoms. The van der Waals surface area contributed by atoms with Crippen molar-refractivity contribution in [3.05, 3.63) is 206 Å². The molecule has 0 radical (unpaired) electrons. The van der Waals surface area contributed by atoms with Crippen LogP contribution in [0.2, 0.25) is 0 Å². The average molecular weight is 763 g/mol. The molecule has 0 atom stereocenters. The Balaban J connectivity index is 1.21. The van der Waals surface area contributed by atoms with Gasteiger partial charge in [-0.25, -0.2) is 0 Å². The molecule has 0 aliphatic rings. The van der Waals surface area contributed by atoms with Crippen LogP contribution < -0.4 is 0 Å². The molecule has 0 spiro atoms. The molecule has 0 N–H and O–H groups in total. The van der Waals surface area contributed by atoms with Crippen LogP contribution in [0.4, 0.5) is 0 Å². The number of benzene rings is 11. The Morgan fingerprint density at radius 1 is 0.217 bits per heavy atom. The lowest BCUT2D eigenvalue weighted by Gasteiger charge is -2.18. The fraction of sp³-hybridized carbons (Fsp3) is 0. The van der Waals surface area contributed by atoms with Crippen molar-refractivity contribution in [2.24, 2.45) is 0 Å². The number of furan rings is 2. The molecule has 2 nitrogen and oxygen atoms in total. The van der Waals surface area contributed by atoms with Crippen LogP contribution in [0.3, 0.4) is 0 Å². The maximum absolute atomic E-state index is 7.17. The molecule has 0 aliphatic heterocycles. The summed E-state index contributed by atoms with van der Waals surface area (Å²) in [6.07, 6.45) is 0. The van der Waals surface area contributed by atoms with E-state index in [1.807, 2.05) is 0 Å². The smallest absolute Gasteiger partial charge is 0.144 e. The summed E-state index contributed by atoms with van der Waals surface area (Å²) in [7, 11) is 0. The number of para-hydroxylation sites is 2. The lowest BCUT2D eigenvalue weighted by Crippen LogP contribution is -1.93. The van der Waals surface area contributed by atoms with Crippen molar-refractivity contribution in [1.29, 1.82) is 0 Å². The molecule has 0 saturated carbocycles. The first-order valence-corrected chi connectivity index (χ1v) is 20.6. The minimum absolute atomic E-state index is 0.859. The molecule has 0 unspecified atom stereocenters. The molecule has 2 aromatic heterocycles. The summed E-state index contributed by atoms with van der Waals surface area (Å²) in [5, 5.41) is 16.2. The number of hydrogen-bond donors (Lipinski definition) is 0. The van der Waals surface area contributed by atoms with Gasteiger partial charge in [-0.3, -0.25) is 0 Å². The molecule has 11 aromatic carbocycles. The van der Waals surface area contributed by atoms with Crippen LogP contribution in [0.1, 0.15) is 0 Å². The van der Waals surface area contributed by atoms with E-state index in [-0.39, 0.29) is 0 Å². The molecule has 0 bridgehead atoms. The lowest BCUT2D eigenvalue weighted by atomic mass is 9.84. The predicted molar refractivity (Wildman–Crippen MR) is 253 cm³/mol. The van der Waals surface area contributed by atoms with Gasteiger partial charge in [0.1, 0.15) is 22.7 Å². The molecule has 0 saturated heterocycles. The van der Waals surface area contributed by atoms with E-state index in [1.165, 1.54) is 43.1 Å². The molecule has 0 aliphatic carbocycles. The Hall–Kier alpha value is -7.94. The van der Waals surface area contributed by atoms with Crippen LogP contribution in [-0.4, -0.2) is 0 Å². The summed E-state index contributed by atoms with van der Waals surface area (Å²) in [4.78, 5) is 0. The van der Waals surface area contributed by atoms with Crippen molar-refractivity contribution < 1.29 is 8.83 Å². The van der Waals surface area contributed by atoms with Gasteiger partial charge in [0.2, 0.25) is 0 Å². The fourth-order valence-electron chi connectivity index (χ4n) is 9.87. The van der Waals surface area contributed by atoms with E-state index in [2.05, 4.69) is 206 Å². The Labute approximate surface area is 345 Å². The van der Waals surface area contributed by atoms with Crippen molar-refractivity contribution >= 4 is 86.6 Å². The van der Waals surface area contributed by atoms with Gasteiger partial charge in [0.05, 0.1) is 0 Å². The van der Waals surface area contributed by atoms with Crippen LogP contribution >= 0.6 is 0 Å². The molecule has 13 aromatic rings. The number of fused-ring (bicyclic) bond motifs is 9. The van der Waals surface area contributed by atoms with Gasteiger partial charge in [-0.05, 0) is 112 Å². The highest BCUT2D eigenvalue weighted by Gasteiger charge is 2.28. The first-order valence-electron chi connectivity index (χ1n) is 20.6. The predicted octanol–water partition coefficient (Wildman–Crippen LogP) is 16.8. The third kappa shape index (κ3) is 4.88. The van der Waals surface area contributed by atoms with E-state index in [9.17, 15) is 0 Å². The topological polar surface area (TPSA) is 26.3 Å². The fourth-order valence-corrected chi connectivity index (χ4v) is 9.87. The summed E-state index contributed by atoms with van der Waals surface area (Å²) in [6, 6.07) is 74.4. The lowest BCUT2D eigenvalue weighted by molar-refractivity contribution is 0.632. The molecule has 60 heavy (non-hydrogen) atoms.